The minimum atomic E-state index is -3.95. The first kappa shape index (κ1) is 17.1. The highest BCUT2D eigenvalue weighted by Gasteiger charge is 2.25. The first-order valence-electron chi connectivity index (χ1n) is 8.52. The summed E-state index contributed by atoms with van der Waals surface area (Å²) in [6, 6.07) is 12.8. The number of benzene rings is 2. The van der Waals surface area contributed by atoms with Crippen LogP contribution in [0.15, 0.2) is 58.5 Å². The van der Waals surface area contributed by atoms with Gasteiger partial charge in [-0.3, -0.25) is 0 Å². The van der Waals surface area contributed by atoms with Gasteiger partial charge in [-0.05, 0) is 31.3 Å². The van der Waals surface area contributed by atoms with Crippen LogP contribution in [0.3, 0.4) is 0 Å². The molecule has 4 rings (SSSR count). The number of halogens is 1. The molecule has 2 aromatic carbocycles. The van der Waals surface area contributed by atoms with E-state index in [4.69, 9.17) is 0 Å². The molecule has 0 saturated carbocycles. The van der Waals surface area contributed by atoms with Gasteiger partial charge >= 0.3 is 0 Å². The fourth-order valence-corrected chi connectivity index (χ4v) is 4.69. The molecule has 0 bridgehead atoms. The van der Waals surface area contributed by atoms with Crippen LogP contribution in [0.25, 0.3) is 10.9 Å². The molecule has 7 heteroatoms. The van der Waals surface area contributed by atoms with E-state index in [1.54, 1.807) is 6.07 Å². The van der Waals surface area contributed by atoms with Crippen molar-refractivity contribution in [2.75, 3.05) is 38.1 Å². The van der Waals surface area contributed by atoms with Gasteiger partial charge in [0.15, 0.2) is 0 Å². The quantitative estimate of drug-likeness (QED) is 0.767. The van der Waals surface area contributed by atoms with E-state index in [1.807, 2.05) is 18.2 Å². The first-order chi connectivity index (χ1) is 12.5. The molecule has 136 valence electrons. The third kappa shape index (κ3) is 2.87. The van der Waals surface area contributed by atoms with E-state index in [2.05, 4.69) is 21.8 Å². The zero-order valence-electron chi connectivity index (χ0n) is 14.4. The average molecular weight is 373 g/mol. The molecule has 1 aromatic heterocycles. The molecule has 0 atom stereocenters. The molecule has 1 aliphatic heterocycles. The predicted octanol–water partition coefficient (Wildman–Crippen LogP) is 2.89. The number of piperazine rings is 1. The van der Waals surface area contributed by atoms with Crippen LogP contribution >= 0.6 is 0 Å². The highest BCUT2D eigenvalue weighted by Crippen LogP contribution is 2.31. The molecule has 2 heterocycles. The van der Waals surface area contributed by atoms with Crippen LogP contribution in [0.2, 0.25) is 0 Å². The van der Waals surface area contributed by atoms with Gasteiger partial charge < -0.3 is 14.8 Å². The number of aromatic amines is 1. The largest absolute Gasteiger partial charge is 0.367 e. The Labute approximate surface area is 152 Å². The summed E-state index contributed by atoms with van der Waals surface area (Å²) >= 11 is 0. The van der Waals surface area contributed by atoms with Crippen molar-refractivity contribution in [3.05, 3.63) is 54.3 Å². The molecule has 0 amide bonds. The number of nitrogens with zero attached hydrogens (tertiary/aromatic N) is 2. The average Bonchev–Trinajstić information content (AvgIpc) is 3.08. The van der Waals surface area contributed by atoms with Gasteiger partial charge in [-0.15, -0.1) is 0 Å². The minimum Gasteiger partial charge on any atom is -0.367 e. The topological polar surface area (TPSA) is 56.4 Å². The van der Waals surface area contributed by atoms with Gasteiger partial charge in [0.25, 0.3) is 0 Å². The lowest BCUT2D eigenvalue weighted by atomic mass is 10.2. The van der Waals surface area contributed by atoms with Gasteiger partial charge in [0.05, 0.1) is 11.2 Å². The van der Waals surface area contributed by atoms with Crippen LogP contribution in [0, 0.1) is 5.82 Å². The van der Waals surface area contributed by atoms with Crippen LogP contribution in [0.1, 0.15) is 0 Å². The third-order valence-corrected chi connectivity index (χ3v) is 6.58. The summed E-state index contributed by atoms with van der Waals surface area (Å²) in [4.78, 5) is 7.23. The second kappa shape index (κ2) is 6.41. The Hall–Kier alpha value is -2.38. The molecule has 1 fully saturated rings. The smallest absolute Gasteiger partial charge is 0.224 e. The Morgan fingerprint density at radius 2 is 1.73 bits per heavy atom. The molecule has 0 radical (unpaired) electrons. The number of rotatable bonds is 3. The first-order valence-corrected chi connectivity index (χ1v) is 10.00. The van der Waals surface area contributed by atoms with E-state index < -0.39 is 15.7 Å². The lowest BCUT2D eigenvalue weighted by Gasteiger charge is -2.34. The Morgan fingerprint density at radius 3 is 2.46 bits per heavy atom. The molecule has 0 aliphatic carbocycles. The Kier molecular flexibility index (Phi) is 4.20. The maximum Gasteiger partial charge on any atom is 0.224 e. The molecule has 0 unspecified atom stereocenters. The third-order valence-electron chi connectivity index (χ3n) is 4.87. The van der Waals surface area contributed by atoms with E-state index in [0.717, 1.165) is 48.8 Å². The second-order valence-corrected chi connectivity index (χ2v) is 8.49. The van der Waals surface area contributed by atoms with Gasteiger partial charge in [0.2, 0.25) is 9.84 Å². The molecule has 3 aromatic rings. The van der Waals surface area contributed by atoms with Crippen molar-refractivity contribution < 1.29 is 12.8 Å². The lowest BCUT2D eigenvalue weighted by Crippen LogP contribution is -2.44. The van der Waals surface area contributed by atoms with Crippen LogP contribution in [-0.2, 0) is 9.84 Å². The monoisotopic (exact) mass is 373 g/mol. The molecule has 5 nitrogen and oxygen atoms in total. The van der Waals surface area contributed by atoms with Gasteiger partial charge in [-0.2, -0.15) is 0 Å². The molecule has 1 N–H and O–H groups in total. The van der Waals surface area contributed by atoms with Crippen molar-refractivity contribution in [1.82, 2.24) is 9.88 Å². The summed E-state index contributed by atoms with van der Waals surface area (Å²) in [5.41, 5.74) is 1.75. The summed E-state index contributed by atoms with van der Waals surface area (Å²) in [7, 11) is -1.86. The maximum atomic E-state index is 14.0. The van der Waals surface area contributed by atoms with Crippen LogP contribution in [0.4, 0.5) is 10.1 Å². The number of H-pyrrole nitrogens is 1. The molecular formula is C19H20FN3O2S. The fourth-order valence-electron chi connectivity index (χ4n) is 3.35. The standard InChI is InChI=1S/C19H20FN3O2S/c1-22-9-11-23(12-10-22)16-7-4-5-14-13-18(21-19(14)16)26(24,25)17-8-3-2-6-15(17)20/h2-8,13,21H,9-12H2,1H3. The summed E-state index contributed by atoms with van der Waals surface area (Å²) in [6.45, 7) is 3.67. The predicted molar refractivity (Wildman–Crippen MR) is 99.9 cm³/mol. The maximum absolute atomic E-state index is 14.0. The molecule has 26 heavy (non-hydrogen) atoms. The highest BCUT2D eigenvalue weighted by atomic mass is 32.2. The van der Waals surface area contributed by atoms with Crippen molar-refractivity contribution in [1.29, 1.82) is 0 Å². The summed E-state index contributed by atoms with van der Waals surface area (Å²) in [6.07, 6.45) is 0. The number of fused-ring (bicyclic) bond motifs is 1. The molecule has 0 spiro atoms. The number of para-hydroxylation sites is 1. The number of nitrogens with one attached hydrogen (secondary N) is 1. The zero-order valence-corrected chi connectivity index (χ0v) is 15.3. The summed E-state index contributed by atoms with van der Waals surface area (Å²) in [5, 5.41) is 0.815. The van der Waals surface area contributed by atoms with Crippen molar-refractivity contribution in [3.8, 4) is 0 Å². The number of aromatic nitrogens is 1. The molecule has 1 aliphatic rings. The SMILES string of the molecule is CN1CCN(c2cccc3cc(S(=O)(=O)c4ccccc4F)[nH]c23)CC1. The van der Waals surface area contributed by atoms with E-state index in [0.29, 0.717) is 0 Å². The Balaban J connectivity index is 1.79. The van der Waals surface area contributed by atoms with Crippen molar-refractivity contribution in [2.45, 2.75) is 9.92 Å². The molecule has 1 saturated heterocycles. The van der Waals surface area contributed by atoms with Gasteiger partial charge in [0, 0.05) is 31.6 Å². The number of hydrogen-bond acceptors (Lipinski definition) is 4. The van der Waals surface area contributed by atoms with Gasteiger partial charge in [-0.1, -0.05) is 24.3 Å². The van der Waals surface area contributed by atoms with Crippen LogP contribution < -0.4 is 4.90 Å². The van der Waals surface area contributed by atoms with Crippen LogP contribution in [0.5, 0.6) is 0 Å². The van der Waals surface area contributed by atoms with Gasteiger partial charge in [-0.25, -0.2) is 12.8 Å². The summed E-state index contributed by atoms with van der Waals surface area (Å²) < 4.78 is 39.8. The Morgan fingerprint density at radius 1 is 1.00 bits per heavy atom. The van der Waals surface area contributed by atoms with Gasteiger partial charge in [0.1, 0.15) is 15.7 Å². The van der Waals surface area contributed by atoms with Crippen molar-refractivity contribution in [3.63, 3.8) is 0 Å². The van der Waals surface area contributed by atoms with Crippen molar-refractivity contribution in [2.24, 2.45) is 0 Å². The second-order valence-electron chi connectivity index (χ2n) is 6.60. The Bertz CT molecular complexity index is 1050. The number of likely N-dealkylation sites (N-methyl/N-ethyl adjacent to an activating group) is 1. The van der Waals surface area contributed by atoms with E-state index in [-0.39, 0.29) is 9.92 Å². The number of anilines is 1. The molecular weight excluding hydrogens is 353 g/mol. The zero-order chi connectivity index (χ0) is 18.3. The van der Waals surface area contributed by atoms with Crippen molar-refractivity contribution >= 4 is 26.4 Å². The van der Waals surface area contributed by atoms with Crippen LogP contribution in [-0.4, -0.2) is 51.5 Å². The number of sulfone groups is 1. The van der Waals surface area contributed by atoms with E-state index >= 15 is 0 Å². The fraction of sp³-hybridized carbons (Fsp3) is 0.263. The normalized spacial score (nSPS) is 16.3. The van der Waals surface area contributed by atoms with E-state index in [9.17, 15) is 12.8 Å². The minimum absolute atomic E-state index is 0.0131. The lowest BCUT2D eigenvalue weighted by molar-refractivity contribution is 0.313. The highest BCUT2D eigenvalue weighted by molar-refractivity contribution is 7.91. The summed E-state index contributed by atoms with van der Waals surface area (Å²) in [5.74, 6) is -0.745. The number of hydrogen-bond donors (Lipinski definition) is 1. The van der Waals surface area contributed by atoms with E-state index in [1.165, 1.54) is 18.2 Å².